The molecule has 4 N–H and O–H groups in total. The number of carbonyl (C=O) groups excluding carboxylic acids is 1. The summed E-state index contributed by atoms with van der Waals surface area (Å²) < 4.78 is 0.818. The molecule has 0 saturated heterocycles. The second kappa shape index (κ2) is 7.40. The zero-order valence-corrected chi connectivity index (χ0v) is 15.6. The lowest BCUT2D eigenvalue weighted by molar-refractivity contribution is 0.102. The summed E-state index contributed by atoms with van der Waals surface area (Å²) in [5.74, 6) is -0.441. The standard InChI is InChI=1S/C17H18BrN3O2.ClH/c1-9-6-11(18)8-14(15(9)19)21-17(23)12-7-10-4-2-3-5-13(10)20-16(12)22;/h6-8H,2-5,19H2,1H3,(H,20,22)(H,21,23);1H. The van der Waals surface area contributed by atoms with Crippen molar-refractivity contribution >= 4 is 45.6 Å². The molecule has 0 aliphatic heterocycles. The van der Waals surface area contributed by atoms with Crippen molar-refractivity contribution in [2.45, 2.75) is 32.6 Å². The number of pyridine rings is 1. The van der Waals surface area contributed by atoms with Crippen molar-refractivity contribution in [2.75, 3.05) is 11.1 Å². The van der Waals surface area contributed by atoms with E-state index in [2.05, 4.69) is 26.2 Å². The number of aromatic amines is 1. The van der Waals surface area contributed by atoms with Crippen LogP contribution in [-0.4, -0.2) is 10.9 Å². The minimum atomic E-state index is -0.441. The van der Waals surface area contributed by atoms with E-state index in [9.17, 15) is 9.59 Å². The summed E-state index contributed by atoms with van der Waals surface area (Å²) in [4.78, 5) is 27.5. The van der Waals surface area contributed by atoms with Crippen molar-refractivity contribution in [1.29, 1.82) is 0 Å². The second-order valence-electron chi connectivity index (χ2n) is 5.86. The van der Waals surface area contributed by atoms with Crippen molar-refractivity contribution in [2.24, 2.45) is 0 Å². The lowest BCUT2D eigenvalue weighted by Crippen LogP contribution is -2.26. The maximum atomic E-state index is 12.5. The van der Waals surface area contributed by atoms with Gasteiger partial charge < -0.3 is 16.0 Å². The SMILES string of the molecule is Cc1cc(Br)cc(NC(=O)c2cc3c([nH]c2=O)CCCC3)c1N.Cl. The number of nitrogens with two attached hydrogens (primary N) is 1. The van der Waals surface area contributed by atoms with Gasteiger partial charge in [0.15, 0.2) is 0 Å². The maximum absolute atomic E-state index is 12.5. The molecule has 0 fully saturated rings. The number of hydrogen-bond donors (Lipinski definition) is 3. The Morgan fingerprint density at radius 2 is 1.96 bits per heavy atom. The van der Waals surface area contributed by atoms with Gasteiger partial charge in [-0.15, -0.1) is 12.4 Å². The quantitative estimate of drug-likeness (QED) is 0.659. The van der Waals surface area contributed by atoms with Crippen LogP contribution in [0.1, 0.15) is 40.0 Å². The highest BCUT2D eigenvalue weighted by atomic mass is 79.9. The van der Waals surface area contributed by atoms with Gasteiger partial charge in [0.2, 0.25) is 0 Å². The van der Waals surface area contributed by atoms with Gasteiger partial charge in [0.25, 0.3) is 11.5 Å². The van der Waals surface area contributed by atoms with Crippen LogP contribution in [0.25, 0.3) is 0 Å². The van der Waals surface area contributed by atoms with Crippen LogP contribution in [0.3, 0.4) is 0 Å². The van der Waals surface area contributed by atoms with Crippen LogP contribution in [0.4, 0.5) is 11.4 Å². The lowest BCUT2D eigenvalue weighted by Gasteiger charge is -2.16. The van der Waals surface area contributed by atoms with E-state index in [0.29, 0.717) is 11.4 Å². The maximum Gasteiger partial charge on any atom is 0.261 e. The molecule has 0 spiro atoms. The molecule has 1 aliphatic rings. The predicted octanol–water partition coefficient (Wildman–Crippen LogP) is 3.58. The van der Waals surface area contributed by atoms with E-state index in [4.69, 9.17) is 5.73 Å². The normalized spacial score (nSPS) is 12.9. The third-order valence-electron chi connectivity index (χ3n) is 4.18. The topological polar surface area (TPSA) is 88.0 Å². The van der Waals surface area contributed by atoms with Crippen molar-refractivity contribution in [3.05, 3.63) is 55.4 Å². The van der Waals surface area contributed by atoms with E-state index in [-0.39, 0.29) is 23.5 Å². The molecule has 0 unspecified atom stereocenters. The van der Waals surface area contributed by atoms with Crippen LogP contribution in [0.5, 0.6) is 0 Å². The van der Waals surface area contributed by atoms with Crippen LogP contribution in [0.15, 0.2) is 27.5 Å². The first-order valence-electron chi connectivity index (χ1n) is 7.58. The Bertz CT molecular complexity index is 848. The molecule has 1 aromatic heterocycles. The van der Waals surface area contributed by atoms with Gasteiger partial charge in [-0.3, -0.25) is 9.59 Å². The molecular formula is C17H19BrClN3O2. The molecule has 2 aromatic rings. The minimum Gasteiger partial charge on any atom is -0.397 e. The van der Waals surface area contributed by atoms with Gasteiger partial charge in [-0.25, -0.2) is 0 Å². The number of aromatic nitrogens is 1. The zero-order chi connectivity index (χ0) is 16.6. The van der Waals surface area contributed by atoms with Gasteiger partial charge in [-0.2, -0.15) is 0 Å². The predicted molar refractivity (Wildman–Crippen MR) is 102 cm³/mol. The summed E-state index contributed by atoms with van der Waals surface area (Å²) in [6.45, 7) is 1.86. The molecule has 7 heteroatoms. The van der Waals surface area contributed by atoms with E-state index in [0.717, 1.165) is 47.0 Å². The van der Waals surface area contributed by atoms with Gasteiger partial charge >= 0.3 is 0 Å². The molecular weight excluding hydrogens is 394 g/mol. The summed E-state index contributed by atoms with van der Waals surface area (Å²) in [5.41, 5.74) is 9.64. The number of nitrogens with one attached hydrogen (secondary N) is 2. The molecule has 1 heterocycles. The summed E-state index contributed by atoms with van der Waals surface area (Å²) in [7, 11) is 0. The number of hydrogen-bond acceptors (Lipinski definition) is 3. The fraction of sp³-hybridized carbons (Fsp3) is 0.294. The molecule has 24 heavy (non-hydrogen) atoms. The van der Waals surface area contributed by atoms with E-state index in [1.807, 2.05) is 13.0 Å². The smallest absolute Gasteiger partial charge is 0.261 e. The molecule has 1 amide bonds. The fourth-order valence-corrected chi connectivity index (χ4v) is 3.46. The molecule has 0 atom stereocenters. The first kappa shape index (κ1) is 18.5. The monoisotopic (exact) mass is 411 g/mol. The van der Waals surface area contributed by atoms with Gasteiger partial charge in [0, 0.05) is 10.2 Å². The van der Waals surface area contributed by atoms with E-state index < -0.39 is 5.91 Å². The lowest BCUT2D eigenvalue weighted by atomic mass is 9.95. The molecule has 5 nitrogen and oxygen atoms in total. The van der Waals surface area contributed by atoms with Crippen molar-refractivity contribution in [3.8, 4) is 0 Å². The van der Waals surface area contributed by atoms with E-state index >= 15 is 0 Å². The fourth-order valence-electron chi connectivity index (χ4n) is 2.89. The Morgan fingerprint density at radius 1 is 1.25 bits per heavy atom. The van der Waals surface area contributed by atoms with Crippen LogP contribution in [0.2, 0.25) is 0 Å². The van der Waals surface area contributed by atoms with Gasteiger partial charge in [-0.05, 0) is 61.9 Å². The van der Waals surface area contributed by atoms with E-state index in [1.54, 1.807) is 12.1 Å². The van der Waals surface area contributed by atoms with Crippen molar-refractivity contribution in [1.82, 2.24) is 4.98 Å². The number of anilines is 2. The Morgan fingerprint density at radius 3 is 2.71 bits per heavy atom. The summed E-state index contributed by atoms with van der Waals surface area (Å²) in [6, 6.07) is 5.31. The molecule has 0 saturated carbocycles. The summed E-state index contributed by atoms with van der Waals surface area (Å²) in [5, 5.41) is 2.74. The van der Waals surface area contributed by atoms with Crippen LogP contribution >= 0.6 is 28.3 Å². The molecule has 1 aromatic carbocycles. The van der Waals surface area contributed by atoms with Crippen LogP contribution in [-0.2, 0) is 12.8 Å². The zero-order valence-electron chi connectivity index (χ0n) is 13.2. The number of carbonyl (C=O) groups is 1. The van der Waals surface area contributed by atoms with Crippen molar-refractivity contribution < 1.29 is 4.79 Å². The third kappa shape index (κ3) is 3.65. The Labute approximate surface area is 154 Å². The Balaban J connectivity index is 0.00000208. The van der Waals surface area contributed by atoms with Gasteiger partial charge in [0.05, 0.1) is 11.4 Å². The van der Waals surface area contributed by atoms with Crippen LogP contribution < -0.4 is 16.6 Å². The second-order valence-corrected chi connectivity index (χ2v) is 6.78. The Kier molecular flexibility index (Phi) is 5.72. The van der Waals surface area contributed by atoms with Crippen molar-refractivity contribution in [3.63, 3.8) is 0 Å². The number of fused-ring (bicyclic) bond motifs is 1. The highest BCUT2D eigenvalue weighted by Crippen LogP contribution is 2.28. The number of halogens is 2. The van der Waals surface area contributed by atoms with Crippen LogP contribution in [0, 0.1) is 6.92 Å². The molecule has 1 aliphatic carbocycles. The first-order chi connectivity index (χ1) is 11.0. The molecule has 3 rings (SSSR count). The molecule has 128 valence electrons. The minimum absolute atomic E-state index is 0. The highest BCUT2D eigenvalue weighted by Gasteiger charge is 2.18. The number of H-pyrrole nitrogens is 1. The van der Waals surface area contributed by atoms with Gasteiger partial charge in [-0.1, -0.05) is 15.9 Å². The first-order valence-corrected chi connectivity index (χ1v) is 8.37. The number of amides is 1. The van der Waals surface area contributed by atoms with E-state index in [1.165, 1.54) is 0 Å². The molecule has 0 radical (unpaired) electrons. The highest BCUT2D eigenvalue weighted by molar-refractivity contribution is 9.10. The average Bonchev–Trinajstić information content (AvgIpc) is 2.51. The molecule has 0 bridgehead atoms. The number of aryl methyl sites for hydroxylation is 3. The number of rotatable bonds is 2. The third-order valence-corrected chi connectivity index (χ3v) is 4.64. The summed E-state index contributed by atoms with van der Waals surface area (Å²) >= 11 is 3.38. The number of nitrogen functional groups attached to an aromatic ring is 1. The largest absolute Gasteiger partial charge is 0.397 e. The van der Waals surface area contributed by atoms with Gasteiger partial charge in [0.1, 0.15) is 5.56 Å². The average molecular weight is 413 g/mol. The number of benzene rings is 1. The Hall–Kier alpha value is -1.79. The summed E-state index contributed by atoms with van der Waals surface area (Å²) in [6.07, 6.45) is 3.91.